The molecular formula is C22H28IN3O3. The van der Waals surface area contributed by atoms with E-state index in [1.165, 1.54) is 5.56 Å². The fraction of sp³-hybridized carbons (Fsp3) is 0.409. The number of aromatic hydroxyl groups is 1. The Hall–Kier alpha value is -1.68. The summed E-state index contributed by atoms with van der Waals surface area (Å²) in [7, 11) is 2.00. The van der Waals surface area contributed by atoms with Crippen LogP contribution in [-0.2, 0) is 12.0 Å². The number of hydrogen-bond donors (Lipinski definition) is 3. The summed E-state index contributed by atoms with van der Waals surface area (Å²) in [6, 6.07) is 14.4. The number of phenols is 1. The largest absolute Gasteiger partial charge is 0.508 e. The van der Waals surface area contributed by atoms with Crippen LogP contribution in [0.3, 0.4) is 0 Å². The molecule has 156 valence electrons. The molecule has 1 saturated heterocycles. The van der Waals surface area contributed by atoms with Crippen LogP contribution in [0, 0.1) is 5.92 Å². The molecule has 3 rings (SSSR count). The Morgan fingerprint density at radius 3 is 2.69 bits per heavy atom. The molecule has 1 fully saturated rings. The summed E-state index contributed by atoms with van der Waals surface area (Å²) < 4.78 is 2.06. The van der Waals surface area contributed by atoms with Gasteiger partial charge < -0.3 is 20.8 Å². The molecule has 2 unspecified atom stereocenters. The molecule has 1 heterocycles. The highest BCUT2D eigenvalue weighted by Gasteiger charge is 2.43. The minimum atomic E-state index is -1.00. The topological polar surface area (TPSA) is 90.0 Å². The zero-order valence-corrected chi connectivity index (χ0v) is 18.7. The molecule has 0 aromatic heterocycles. The van der Waals surface area contributed by atoms with Gasteiger partial charge in [0.15, 0.2) is 0 Å². The maximum absolute atomic E-state index is 11.7. The molecule has 0 saturated carbocycles. The lowest BCUT2D eigenvalue weighted by atomic mass is 9.75. The van der Waals surface area contributed by atoms with Crippen LogP contribution in [0.25, 0.3) is 0 Å². The summed E-state index contributed by atoms with van der Waals surface area (Å²) >= 11 is 2.24. The zero-order chi connectivity index (χ0) is 21.0. The lowest BCUT2D eigenvalue weighted by Crippen LogP contribution is -2.53. The van der Waals surface area contributed by atoms with Crippen molar-refractivity contribution in [3.8, 4) is 5.75 Å². The van der Waals surface area contributed by atoms with Crippen molar-refractivity contribution in [2.75, 3.05) is 33.2 Å². The van der Waals surface area contributed by atoms with Gasteiger partial charge in [0.25, 0.3) is 0 Å². The Labute approximate surface area is 185 Å². The van der Waals surface area contributed by atoms with E-state index in [1.54, 1.807) is 30.3 Å². The van der Waals surface area contributed by atoms with Gasteiger partial charge in [0, 0.05) is 60.5 Å². The number of hydrogen-bond acceptors (Lipinski definition) is 5. The molecule has 4 N–H and O–H groups in total. The Morgan fingerprint density at radius 2 is 2.03 bits per heavy atom. The van der Waals surface area contributed by atoms with Crippen molar-refractivity contribution in [1.82, 2.24) is 8.01 Å². The summed E-state index contributed by atoms with van der Waals surface area (Å²) in [4.78, 5) is 14.0. The lowest BCUT2D eigenvalue weighted by molar-refractivity contribution is -0.0798. The first-order valence-corrected chi connectivity index (χ1v) is 10.7. The summed E-state index contributed by atoms with van der Waals surface area (Å²) in [5.41, 5.74) is 6.81. The summed E-state index contributed by atoms with van der Waals surface area (Å²) in [5.74, 6) is -0.203. The smallest absolute Gasteiger partial charge is 0.248 e. The number of halogens is 1. The number of benzene rings is 2. The highest BCUT2D eigenvalue weighted by atomic mass is 127. The van der Waals surface area contributed by atoms with Gasteiger partial charge in [-0.3, -0.25) is 7.91 Å². The minimum absolute atomic E-state index is 0.00101. The molecule has 2 atom stereocenters. The fourth-order valence-corrected chi connectivity index (χ4v) is 4.55. The highest BCUT2D eigenvalue weighted by molar-refractivity contribution is 14.1. The molecule has 2 aromatic carbocycles. The summed E-state index contributed by atoms with van der Waals surface area (Å²) in [6.07, 6.45) is 1.49. The maximum atomic E-state index is 11.7. The Morgan fingerprint density at radius 1 is 1.31 bits per heavy atom. The molecule has 29 heavy (non-hydrogen) atoms. The van der Waals surface area contributed by atoms with Crippen LogP contribution in [0.15, 0.2) is 48.5 Å². The molecule has 0 spiro atoms. The van der Waals surface area contributed by atoms with Crippen LogP contribution in [0.5, 0.6) is 5.75 Å². The van der Waals surface area contributed by atoms with E-state index < -0.39 is 11.5 Å². The van der Waals surface area contributed by atoms with E-state index in [2.05, 4.69) is 30.9 Å². The number of piperidine rings is 1. The molecule has 7 heteroatoms. The zero-order valence-electron chi connectivity index (χ0n) is 16.6. The predicted molar refractivity (Wildman–Crippen MR) is 122 cm³/mol. The Bertz CT molecular complexity index is 843. The van der Waals surface area contributed by atoms with Crippen molar-refractivity contribution in [1.29, 1.82) is 0 Å². The second kappa shape index (κ2) is 9.42. The standard InChI is InChI=1S/C22H28IN3O3/c1-25(23)14-19-15-26(11-9-16-5-7-20(27)8-6-16)12-10-22(19,29)18-4-2-3-17(13-18)21(24)28/h2-8,13,19,27,29H,9-12,14-15H2,1H3,(H2,24,28). The average molecular weight is 509 g/mol. The van der Waals surface area contributed by atoms with Crippen LogP contribution in [0.2, 0.25) is 0 Å². The van der Waals surface area contributed by atoms with Crippen molar-refractivity contribution < 1.29 is 15.0 Å². The van der Waals surface area contributed by atoms with Crippen LogP contribution in [0.4, 0.5) is 0 Å². The summed E-state index contributed by atoms with van der Waals surface area (Å²) in [5, 5.41) is 21.1. The van der Waals surface area contributed by atoms with Gasteiger partial charge in [0.2, 0.25) is 5.91 Å². The Balaban J connectivity index is 1.75. The molecule has 1 aliphatic heterocycles. The van der Waals surface area contributed by atoms with E-state index >= 15 is 0 Å². The number of nitrogens with zero attached hydrogens (tertiary/aromatic N) is 2. The van der Waals surface area contributed by atoms with Crippen LogP contribution in [-0.4, -0.2) is 57.4 Å². The maximum Gasteiger partial charge on any atom is 0.248 e. The first-order chi connectivity index (χ1) is 13.8. The third-order valence-electron chi connectivity index (χ3n) is 5.74. The SMILES string of the molecule is CN(I)CC1CN(CCc2ccc(O)cc2)CCC1(O)c1cccc(C(N)=O)c1. The Kier molecular flexibility index (Phi) is 7.15. The number of primary amides is 1. The highest BCUT2D eigenvalue weighted by Crippen LogP contribution is 2.38. The third-order valence-corrected chi connectivity index (χ3v) is 6.13. The van der Waals surface area contributed by atoms with Crippen molar-refractivity contribution >= 4 is 28.8 Å². The summed E-state index contributed by atoms with van der Waals surface area (Å²) in [6.45, 7) is 3.16. The number of amides is 1. The van der Waals surface area contributed by atoms with Crippen LogP contribution >= 0.6 is 22.9 Å². The molecule has 2 aromatic rings. The average Bonchev–Trinajstić information content (AvgIpc) is 2.69. The molecule has 1 aliphatic rings. The van der Waals surface area contributed by atoms with Crippen molar-refractivity contribution in [3.05, 3.63) is 65.2 Å². The van der Waals surface area contributed by atoms with Gasteiger partial charge >= 0.3 is 0 Å². The molecule has 0 bridgehead atoms. The molecule has 1 amide bonds. The first-order valence-electron chi connectivity index (χ1n) is 9.78. The van der Waals surface area contributed by atoms with Gasteiger partial charge in [-0.1, -0.05) is 24.3 Å². The lowest BCUT2D eigenvalue weighted by Gasteiger charge is -2.46. The van der Waals surface area contributed by atoms with Gasteiger partial charge in [-0.25, -0.2) is 0 Å². The fourth-order valence-electron chi connectivity index (χ4n) is 4.07. The van der Waals surface area contributed by atoms with Gasteiger partial charge in [-0.2, -0.15) is 0 Å². The molecule has 6 nitrogen and oxygen atoms in total. The minimum Gasteiger partial charge on any atom is -0.508 e. The first kappa shape index (κ1) is 22.0. The van der Waals surface area contributed by atoms with E-state index in [1.807, 2.05) is 25.2 Å². The molecule has 0 aliphatic carbocycles. The van der Waals surface area contributed by atoms with E-state index in [4.69, 9.17) is 5.73 Å². The molecular weight excluding hydrogens is 481 g/mol. The van der Waals surface area contributed by atoms with E-state index in [0.29, 0.717) is 12.0 Å². The van der Waals surface area contributed by atoms with Gasteiger partial charge in [-0.15, -0.1) is 0 Å². The molecule has 0 radical (unpaired) electrons. The van der Waals surface area contributed by atoms with Crippen molar-refractivity contribution in [3.63, 3.8) is 0 Å². The number of nitrogens with two attached hydrogens (primary N) is 1. The number of phenolic OH excluding ortho intramolecular Hbond substituents is 1. The third kappa shape index (κ3) is 5.48. The van der Waals surface area contributed by atoms with E-state index in [-0.39, 0.29) is 11.7 Å². The predicted octanol–water partition coefficient (Wildman–Crippen LogP) is 2.53. The number of carbonyl (C=O) groups is 1. The van der Waals surface area contributed by atoms with Crippen molar-refractivity contribution in [2.24, 2.45) is 11.7 Å². The van der Waals surface area contributed by atoms with Gasteiger partial charge in [-0.05, 0) is 55.3 Å². The van der Waals surface area contributed by atoms with Crippen LogP contribution < -0.4 is 5.73 Å². The van der Waals surface area contributed by atoms with Crippen molar-refractivity contribution in [2.45, 2.75) is 18.4 Å². The quantitative estimate of drug-likeness (QED) is 0.395. The van der Waals surface area contributed by atoms with E-state index in [0.717, 1.165) is 38.2 Å². The monoisotopic (exact) mass is 509 g/mol. The second-order valence-electron chi connectivity index (χ2n) is 7.82. The van der Waals surface area contributed by atoms with E-state index in [9.17, 15) is 15.0 Å². The van der Waals surface area contributed by atoms with Gasteiger partial charge in [0.05, 0.1) is 5.60 Å². The normalized spacial score (nSPS) is 22.7. The number of rotatable bonds is 7. The van der Waals surface area contributed by atoms with Crippen LogP contribution in [0.1, 0.15) is 27.9 Å². The number of carbonyl (C=O) groups excluding carboxylic acids is 1. The second-order valence-corrected chi connectivity index (χ2v) is 9.47. The number of likely N-dealkylation sites (tertiary alicyclic amines) is 1. The number of aliphatic hydroxyl groups is 1. The van der Waals surface area contributed by atoms with Gasteiger partial charge in [0.1, 0.15) is 5.75 Å².